The Morgan fingerprint density at radius 1 is 0.977 bits per heavy atom. The van der Waals surface area contributed by atoms with E-state index in [1.165, 1.54) is 35.4 Å². The number of ether oxygens (including phenoxy) is 1. The third-order valence-electron chi connectivity index (χ3n) is 8.19. The molecule has 1 atom stereocenters. The van der Waals surface area contributed by atoms with Crippen LogP contribution in [-0.2, 0) is 16.0 Å². The van der Waals surface area contributed by atoms with Crippen LogP contribution in [0.1, 0.15) is 43.4 Å². The third-order valence-corrected chi connectivity index (χ3v) is 8.19. The number of amides is 2. The fourth-order valence-electron chi connectivity index (χ4n) is 5.78. The number of nitrogens with one attached hydrogen (secondary N) is 4. The van der Waals surface area contributed by atoms with Gasteiger partial charge in [-0.2, -0.15) is 0 Å². The number of H-pyrrole nitrogens is 2. The molecule has 1 fully saturated rings. The maximum absolute atomic E-state index is 11.7. The largest absolute Gasteiger partial charge is 0.453 e. The number of carbonyl (C=O) groups is 2. The van der Waals surface area contributed by atoms with Crippen LogP contribution >= 0.6 is 0 Å². The van der Waals surface area contributed by atoms with E-state index in [1.807, 2.05) is 6.20 Å². The number of carbonyl (C=O) groups excluding carboxylic acids is 2. The predicted molar refractivity (Wildman–Crippen MR) is 168 cm³/mol. The lowest BCUT2D eigenvalue weighted by Crippen LogP contribution is -2.37. The zero-order chi connectivity index (χ0) is 29.8. The number of aromatic amines is 2. The third kappa shape index (κ3) is 6.54. The Morgan fingerprint density at radius 3 is 2.53 bits per heavy atom. The van der Waals surface area contributed by atoms with Crippen molar-refractivity contribution in [2.24, 2.45) is 0 Å². The van der Waals surface area contributed by atoms with Crippen molar-refractivity contribution in [3.8, 4) is 22.4 Å². The molecule has 0 saturated carbocycles. The molecule has 1 aliphatic heterocycles. The summed E-state index contributed by atoms with van der Waals surface area (Å²) in [6.07, 6.45) is 6.09. The minimum atomic E-state index is -0.621. The molecule has 5 aromatic rings. The Labute approximate surface area is 250 Å². The molecule has 4 N–H and O–H groups in total. The fraction of sp³-hybridized carbons (Fsp3) is 0.333. The molecule has 1 unspecified atom stereocenters. The van der Waals surface area contributed by atoms with E-state index in [9.17, 15) is 9.59 Å². The van der Waals surface area contributed by atoms with Gasteiger partial charge >= 0.3 is 6.09 Å². The van der Waals surface area contributed by atoms with E-state index in [2.05, 4.69) is 96.9 Å². The van der Waals surface area contributed by atoms with Crippen LogP contribution in [0.2, 0.25) is 0 Å². The van der Waals surface area contributed by atoms with Crippen LogP contribution in [0.3, 0.4) is 0 Å². The summed E-state index contributed by atoms with van der Waals surface area (Å²) >= 11 is 0. The average molecular weight is 580 g/mol. The summed E-state index contributed by atoms with van der Waals surface area (Å²) in [5.41, 5.74) is 6.51. The second kappa shape index (κ2) is 12.7. The number of methoxy groups -OCH3 is 1. The van der Waals surface area contributed by atoms with Gasteiger partial charge in [0.2, 0.25) is 5.91 Å². The number of alkyl carbamates (subject to hydrolysis) is 1. The van der Waals surface area contributed by atoms with E-state index >= 15 is 0 Å². The molecule has 0 radical (unpaired) electrons. The highest BCUT2D eigenvalue weighted by atomic mass is 16.5. The maximum atomic E-state index is 11.7. The minimum absolute atomic E-state index is 0.0957. The van der Waals surface area contributed by atoms with E-state index in [-0.39, 0.29) is 12.5 Å². The Kier molecular flexibility index (Phi) is 8.37. The van der Waals surface area contributed by atoms with Crippen LogP contribution in [-0.4, -0.2) is 70.6 Å². The van der Waals surface area contributed by atoms with E-state index in [0.29, 0.717) is 12.6 Å². The van der Waals surface area contributed by atoms with E-state index in [0.717, 1.165) is 66.2 Å². The van der Waals surface area contributed by atoms with Crippen molar-refractivity contribution < 1.29 is 14.3 Å². The number of fused-ring (bicyclic) bond motifs is 2. The van der Waals surface area contributed by atoms with Gasteiger partial charge < -0.3 is 25.3 Å². The first kappa shape index (κ1) is 28.4. The molecule has 1 saturated heterocycles. The van der Waals surface area contributed by atoms with Gasteiger partial charge in [0.1, 0.15) is 11.6 Å². The first-order chi connectivity index (χ1) is 21.0. The summed E-state index contributed by atoms with van der Waals surface area (Å²) in [5.74, 6) is 1.74. The van der Waals surface area contributed by atoms with Crippen molar-refractivity contribution in [1.29, 1.82) is 0 Å². The number of aromatic nitrogens is 4. The summed E-state index contributed by atoms with van der Waals surface area (Å²) in [7, 11) is 3.43. The van der Waals surface area contributed by atoms with E-state index in [4.69, 9.17) is 4.98 Å². The molecular formula is C33H37N7O3. The Balaban J connectivity index is 1.06. The smallest absolute Gasteiger partial charge is 0.407 e. The van der Waals surface area contributed by atoms with Crippen molar-refractivity contribution in [1.82, 2.24) is 35.5 Å². The van der Waals surface area contributed by atoms with Crippen molar-refractivity contribution in [2.45, 2.75) is 38.1 Å². The highest BCUT2D eigenvalue weighted by Crippen LogP contribution is 2.32. The molecule has 3 heterocycles. The number of benzene rings is 3. The first-order valence-corrected chi connectivity index (χ1v) is 14.8. The predicted octanol–water partition coefficient (Wildman–Crippen LogP) is 5.33. The van der Waals surface area contributed by atoms with E-state index < -0.39 is 6.09 Å². The quantitative estimate of drug-likeness (QED) is 0.166. The highest BCUT2D eigenvalue weighted by molar-refractivity contribution is 5.91. The number of hydrogen-bond donors (Lipinski definition) is 4. The lowest BCUT2D eigenvalue weighted by molar-refractivity contribution is -0.120. The molecule has 2 amide bonds. The van der Waals surface area contributed by atoms with Crippen LogP contribution in [0.25, 0.3) is 44.2 Å². The van der Waals surface area contributed by atoms with Crippen molar-refractivity contribution in [3.63, 3.8) is 0 Å². The van der Waals surface area contributed by atoms with Crippen molar-refractivity contribution >= 4 is 33.8 Å². The molecule has 10 heteroatoms. The molecule has 10 nitrogen and oxygen atoms in total. The Hall–Kier alpha value is -4.70. The first-order valence-electron chi connectivity index (χ1n) is 14.8. The van der Waals surface area contributed by atoms with Crippen LogP contribution < -0.4 is 10.6 Å². The number of imidazole rings is 2. The van der Waals surface area contributed by atoms with Gasteiger partial charge in [0, 0.05) is 18.5 Å². The summed E-state index contributed by atoms with van der Waals surface area (Å²) in [6.45, 7) is 1.56. The molecule has 0 bridgehead atoms. The number of hydrogen-bond acceptors (Lipinski definition) is 6. The van der Waals surface area contributed by atoms with Gasteiger partial charge in [0.05, 0.1) is 42.6 Å². The van der Waals surface area contributed by atoms with Crippen LogP contribution in [0.5, 0.6) is 0 Å². The number of aryl methyl sites for hydroxylation is 1. The van der Waals surface area contributed by atoms with Gasteiger partial charge in [-0.3, -0.25) is 9.69 Å². The molecule has 2 aromatic heterocycles. The standard InChI is InChI=1S/C33H37N7O3/c1-40-15-5-6-29(40)32-38-26-13-12-24(18-27(26)39-32)22-8-9-23-17-25(11-10-21(23)16-22)28-19-35-30(37-28)7-3-4-14-34-31(41)20-36-33(42)43-2/h8-13,16-19,29H,3-7,14-15,20H2,1-2H3,(H,34,41)(H,35,37)(H,36,42)(H,38,39). The van der Waals surface area contributed by atoms with Gasteiger partial charge in [-0.15, -0.1) is 0 Å². The van der Waals surface area contributed by atoms with Crippen LogP contribution in [0, 0.1) is 0 Å². The topological polar surface area (TPSA) is 128 Å². The van der Waals surface area contributed by atoms with Gasteiger partial charge in [-0.1, -0.05) is 30.3 Å². The molecule has 6 rings (SSSR count). The molecule has 43 heavy (non-hydrogen) atoms. The second-order valence-corrected chi connectivity index (χ2v) is 11.2. The summed E-state index contributed by atoms with van der Waals surface area (Å²) in [4.78, 5) is 41.6. The van der Waals surface area contributed by atoms with Crippen LogP contribution in [0.4, 0.5) is 4.79 Å². The SMILES string of the molecule is COC(=O)NCC(=O)NCCCCc1ncc(-c2ccc3cc(-c4ccc5nc(C6CCCN6C)[nH]c5c4)ccc3c2)[nH]1. The molecule has 0 aliphatic carbocycles. The van der Waals surface area contributed by atoms with Gasteiger partial charge in [-0.25, -0.2) is 14.8 Å². The molecule has 0 spiro atoms. The normalized spacial score (nSPS) is 15.3. The van der Waals surface area contributed by atoms with Crippen molar-refractivity contribution in [3.05, 3.63) is 72.4 Å². The summed E-state index contributed by atoms with van der Waals surface area (Å²) < 4.78 is 4.45. The number of rotatable bonds is 10. The molecule has 3 aromatic carbocycles. The van der Waals surface area contributed by atoms with Crippen molar-refractivity contribution in [2.75, 3.05) is 33.8 Å². The van der Waals surface area contributed by atoms with Gasteiger partial charge in [-0.05, 0) is 85.4 Å². The highest BCUT2D eigenvalue weighted by Gasteiger charge is 2.25. The number of likely N-dealkylation sites (tertiary alicyclic amines) is 1. The average Bonchev–Trinajstić information content (AvgIpc) is 3.78. The molecular weight excluding hydrogens is 542 g/mol. The minimum Gasteiger partial charge on any atom is -0.453 e. The second-order valence-electron chi connectivity index (χ2n) is 11.2. The van der Waals surface area contributed by atoms with Gasteiger partial charge in [0.25, 0.3) is 0 Å². The lowest BCUT2D eigenvalue weighted by Gasteiger charge is -2.16. The maximum Gasteiger partial charge on any atom is 0.407 e. The lowest BCUT2D eigenvalue weighted by atomic mass is 9.99. The molecule has 1 aliphatic rings. The number of unbranched alkanes of at least 4 members (excludes halogenated alkanes) is 1. The Morgan fingerprint density at radius 2 is 1.74 bits per heavy atom. The summed E-state index contributed by atoms with van der Waals surface area (Å²) in [6, 6.07) is 19.9. The zero-order valence-electron chi connectivity index (χ0n) is 24.6. The zero-order valence-corrected chi connectivity index (χ0v) is 24.6. The summed E-state index contributed by atoms with van der Waals surface area (Å²) in [5, 5.41) is 7.50. The fourth-order valence-corrected chi connectivity index (χ4v) is 5.78. The molecule has 222 valence electrons. The van der Waals surface area contributed by atoms with E-state index in [1.54, 1.807) is 0 Å². The Bertz CT molecular complexity index is 1760. The van der Waals surface area contributed by atoms with Gasteiger partial charge in [0.15, 0.2) is 0 Å². The number of nitrogens with zero attached hydrogens (tertiary/aromatic N) is 3. The monoisotopic (exact) mass is 579 g/mol. The van der Waals surface area contributed by atoms with Crippen LogP contribution in [0.15, 0.2) is 60.8 Å².